The summed E-state index contributed by atoms with van der Waals surface area (Å²) in [4.78, 5) is 30.5. The van der Waals surface area contributed by atoms with Crippen LogP contribution in [0.5, 0.6) is 0 Å². The number of carbonyl (C=O) groups is 2. The highest BCUT2D eigenvalue weighted by Gasteiger charge is 2.32. The molecular weight excluding hydrogens is 322 g/mol. The average molecular weight is 343 g/mol. The number of likely N-dealkylation sites (tertiary alicyclic amines) is 1. The summed E-state index contributed by atoms with van der Waals surface area (Å²) in [5, 5.41) is 2.96. The number of nitrogens with zero attached hydrogens (tertiary/aromatic N) is 2. The van der Waals surface area contributed by atoms with Gasteiger partial charge in [0.05, 0.1) is 5.92 Å². The first-order chi connectivity index (χ1) is 11.5. The van der Waals surface area contributed by atoms with Crippen molar-refractivity contribution < 1.29 is 9.59 Å². The fourth-order valence-electron chi connectivity index (χ4n) is 3.03. The normalized spacial score (nSPS) is 20.8. The van der Waals surface area contributed by atoms with Gasteiger partial charge in [-0.25, -0.2) is 4.98 Å². The maximum Gasteiger partial charge on any atom is 0.254 e. The van der Waals surface area contributed by atoms with Crippen LogP contribution in [0.1, 0.15) is 35.8 Å². The number of primary amides is 1. The summed E-state index contributed by atoms with van der Waals surface area (Å²) in [7, 11) is 0. The lowest BCUT2D eigenvalue weighted by Gasteiger charge is -2.37. The zero-order valence-corrected chi connectivity index (χ0v) is 14.7. The standard InChI is InChI=1S/C18H21N3O2S/c1-11-10-24-17(20-11)13-5-7-14(8-6-13)18(23)21-9-15(16(19)22)4-3-12(21)2/h5-8,10,12,15H,3-4,9H2,1-2H3,(H2,19,22). The maximum absolute atomic E-state index is 12.8. The molecule has 1 saturated heterocycles. The van der Waals surface area contributed by atoms with E-state index in [0.717, 1.165) is 29.1 Å². The molecule has 0 radical (unpaired) electrons. The topological polar surface area (TPSA) is 76.3 Å². The fourth-order valence-corrected chi connectivity index (χ4v) is 3.83. The molecule has 2 aromatic rings. The van der Waals surface area contributed by atoms with E-state index in [1.165, 1.54) is 0 Å². The highest BCUT2D eigenvalue weighted by Crippen LogP contribution is 2.26. The molecule has 3 rings (SSSR count). The van der Waals surface area contributed by atoms with Crippen molar-refractivity contribution in [3.63, 3.8) is 0 Å². The predicted molar refractivity (Wildman–Crippen MR) is 94.7 cm³/mol. The van der Waals surface area contributed by atoms with Crippen molar-refractivity contribution in [3.8, 4) is 10.6 Å². The van der Waals surface area contributed by atoms with Gasteiger partial charge in [0.25, 0.3) is 5.91 Å². The third-order valence-electron chi connectivity index (χ3n) is 4.54. The second-order valence-electron chi connectivity index (χ2n) is 6.35. The van der Waals surface area contributed by atoms with Gasteiger partial charge in [0, 0.05) is 34.8 Å². The molecule has 0 spiro atoms. The number of rotatable bonds is 3. The summed E-state index contributed by atoms with van der Waals surface area (Å²) < 4.78 is 0. The molecule has 1 aliphatic heterocycles. The Kier molecular flexibility index (Phi) is 4.66. The number of hydrogen-bond donors (Lipinski definition) is 1. The first-order valence-corrected chi connectivity index (χ1v) is 8.96. The van der Waals surface area contributed by atoms with E-state index >= 15 is 0 Å². The molecule has 1 aliphatic rings. The number of aryl methyl sites for hydroxylation is 1. The molecule has 0 aliphatic carbocycles. The van der Waals surface area contributed by atoms with Crippen LogP contribution in [0.3, 0.4) is 0 Å². The average Bonchev–Trinajstić information content (AvgIpc) is 3.01. The van der Waals surface area contributed by atoms with Crippen LogP contribution >= 0.6 is 11.3 Å². The van der Waals surface area contributed by atoms with Crippen molar-refractivity contribution in [2.75, 3.05) is 6.54 Å². The molecule has 1 aromatic carbocycles. The molecular formula is C18H21N3O2S. The van der Waals surface area contributed by atoms with Crippen LogP contribution in [0.15, 0.2) is 29.6 Å². The third-order valence-corrected chi connectivity index (χ3v) is 5.55. The van der Waals surface area contributed by atoms with Gasteiger partial charge < -0.3 is 10.6 Å². The molecule has 2 N–H and O–H groups in total. The fraction of sp³-hybridized carbons (Fsp3) is 0.389. The van der Waals surface area contributed by atoms with Gasteiger partial charge in [-0.15, -0.1) is 11.3 Å². The van der Waals surface area contributed by atoms with E-state index in [2.05, 4.69) is 4.98 Å². The minimum absolute atomic E-state index is 0.0460. The van der Waals surface area contributed by atoms with Crippen molar-refractivity contribution >= 4 is 23.2 Å². The van der Waals surface area contributed by atoms with E-state index in [1.807, 2.05) is 43.5 Å². The minimum atomic E-state index is -0.325. The van der Waals surface area contributed by atoms with E-state index in [9.17, 15) is 9.59 Å². The monoisotopic (exact) mass is 343 g/mol. The number of carbonyl (C=O) groups excluding carboxylic acids is 2. The van der Waals surface area contributed by atoms with E-state index in [0.29, 0.717) is 12.1 Å². The van der Waals surface area contributed by atoms with Gasteiger partial charge in [0.2, 0.25) is 5.91 Å². The lowest BCUT2D eigenvalue weighted by molar-refractivity contribution is -0.123. The lowest BCUT2D eigenvalue weighted by atomic mass is 9.92. The number of nitrogens with two attached hydrogens (primary N) is 1. The second kappa shape index (κ2) is 6.73. The Balaban J connectivity index is 1.78. The molecule has 0 bridgehead atoms. The van der Waals surface area contributed by atoms with Crippen molar-refractivity contribution in [1.82, 2.24) is 9.88 Å². The van der Waals surface area contributed by atoms with Crippen molar-refractivity contribution in [2.24, 2.45) is 11.7 Å². The van der Waals surface area contributed by atoms with Crippen LogP contribution in [-0.4, -0.2) is 34.3 Å². The van der Waals surface area contributed by atoms with Crippen LogP contribution in [0.25, 0.3) is 10.6 Å². The number of amides is 2. The quantitative estimate of drug-likeness (QED) is 0.931. The molecule has 126 valence electrons. The molecule has 1 aromatic heterocycles. The SMILES string of the molecule is Cc1csc(-c2ccc(C(=O)N3CC(C(N)=O)CCC3C)cc2)n1. The zero-order valence-electron chi connectivity index (χ0n) is 13.9. The Morgan fingerprint density at radius 3 is 2.54 bits per heavy atom. The molecule has 1 fully saturated rings. The Hall–Kier alpha value is -2.21. The highest BCUT2D eigenvalue weighted by atomic mass is 32.1. The van der Waals surface area contributed by atoms with Gasteiger partial charge in [-0.2, -0.15) is 0 Å². The smallest absolute Gasteiger partial charge is 0.254 e. The Bertz CT molecular complexity index is 754. The summed E-state index contributed by atoms with van der Waals surface area (Å²) in [5.74, 6) is -0.618. The molecule has 6 heteroatoms. The van der Waals surface area contributed by atoms with Gasteiger partial charge >= 0.3 is 0 Å². The van der Waals surface area contributed by atoms with Gasteiger partial charge in [0.1, 0.15) is 5.01 Å². The predicted octanol–water partition coefficient (Wildman–Crippen LogP) is 2.84. The Morgan fingerprint density at radius 2 is 1.96 bits per heavy atom. The number of benzene rings is 1. The zero-order chi connectivity index (χ0) is 17.3. The second-order valence-corrected chi connectivity index (χ2v) is 7.21. The van der Waals surface area contributed by atoms with Crippen LogP contribution in [-0.2, 0) is 4.79 Å². The molecule has 24 heavy (non-hydrogen) atoms. The van der Waals surface area contributed by atoms with E-state index in [1.54, 1.807) is 16.2 Å². The van der Waals surface area contributed by atoms with Crippen LogP contribution in [0.4, 0.5) is 0 Å². The molecule has 5 nitrogen and oxygen atoms in total. The largest absolute Gasteiger partial charge is 0.369 e. The first kappa shape index (κ1) is 16.6. The van der Waals surface area contributed by atoms with Gasteiger partial charge in [-0.3, -0.25) is 9.59 Å². The number of aromatic nitrogens is 1. The number of piperidine rings is 1. The summed E-state index contributed by atoms with van der Waals surface area (Å²) in [6.45, 7) is 4.38. The molecule has 2 amide bonds. The highest BCUT2D eigenvalue weighted by molar-refractivity contribution is 7.13. The molecule has 2 heterocycles. The summed E-state index contributed by atoms with van der Waals surface area (Å²) in [6.07, 6.45) is 1.55. The lowest BCUT2D eigenvalue weighted by Crippen LogP contribution is -2.48. The van der Waals surface area contributed by atoms with Crippen LogP contribution in [0.2, 0.25) is 0 Å². The Labute approximate surface area is 145 Å². The van der Waals surface area contributed by atoms with E-state index in [-0.39, 0.29) is 23.8 Å². The summed E-state index contributed by atoms with van der Waals surface area (Å²) in [6, 6.07) is 7.62. The molecule has 2 atom stereocenters. The summed E-state index contributed by atoms with van der Waals surface area (Å²) in [5.41, 5.74) is 8.05. The maximum atomic E-state index is 12.8. The van der Waals surface area contributed by atoms with Gasteiger partial charge in [0.15, 0.2) is 0 Å². The van der Waals surface area contributed by atoms with Crippen LogP contribution in [0, 0.1) is 12.8 Å². The molecule has 0 saturated carbocycles. The van der Waals surface area contributed by atoms with Crippen LogP contribution < -0.4 is 5.73 Å². The number of hydrogen-bond acceptors (Lipinski definition) is 4. The third kappa shape index (κ3) is 3.33. The van der Waals surface area contributed by atoms with E-state index in [4.69, 9.17) is 5.73 Å². The number of thiazole rings is 1. The van der Waals surface area contributed by atoms with Crippen molar-refractivity contribution in [2.45, 2.75) is 32.7 Å². The van der Waals surface area contributed by atoms with E-state index < -0.39 is 0 Å². The Morgan fingerprint density at radius 1 is 1.25 bits per heavy atom. The summed E-state index contributed by atoms with van der Waals surface area (Å²) >= 11 is 1.59. The van der Waals surface area contributed by atoms with Gasteiger partial charge in [-0.05, 0) is 38.8 Å². The van der Waals surface area contributed by atoms with Crippen molar-refractivity contribution in [3.05, 3.63) is 40.9 Å². The minimum Gasteiger partial charge on any atom is -0.369 e. The molecule has 2 unspecified atom stereocenters. The first-order valence-electron chi connectivity index (χ1n) is 8.08. The van der Waals surface area contributed by atoms with Gasteiger partial charge in [-0.1, -0.05) is 12.1 Å². The van der Waals surface area contributed by atoms with Crippen molar-refractivity contribution in [1.29, 1.82) is 0 Å².